The molecule has 0 spiro atoms. The summed E-state index contributed by atoms with van der Waals surface area (Å²) in [7, 11) is 0. The number of hydrogen-bond acceptors (Lipinski definition) is 5. The van der Waals surface area contributed by atoms with Crippen molar-refractivity contribution in [3.05, 3.63) is 84.3 Å². The molecule has 0 unspecified atom stereocenters. The van der Waals surface area contributed by atoms with Crippen LogP contribution in [0.15, 0.2) is 71.5 Å². The quantitative estimate of drug-likeness (QED) is 0.483. The van der Waals surface area contributed by atoms with Crippen molar-refractivity contribution in [3.8, 4) is 17.1 Å². The smallest absolute Gasteiger partial charge is 0.226 e. The molecule has 0 radical (unpaired) electrons. The number of benzene rings is 2. The Morgan fingerprint density at radius 3 is 2.73 bits per heavy atom. The van der Waals surface area contributed by atoms with Crippen LogP contribution in [0.3, 0.4) is 0 Å². The van der Waals surface area contributed by atoms with Gasteiger partial charge in [-0.25, -0.2) is 9.07 Å². The summed E-state index contributed by atoms with van der Waals surface area (Å²) < 4.78 is 20.0. The fourth-order valence-electron chi connectivity index (χ4n) is 3.05. The zero-order chi connectivity index (χ0) is 20.8. The number of nitrogens with zero attached hydrogens (tertiary/aromatic N) is 4. The van der Waals surface area contributed by atoms with Crippen LogP contribution in [0.4, 0.5) is 4.39 Å². The lowest BCUT2D eigenvalue weighted by Crippen LogP contribution is -2.23. The average Bonchev–Trinajstić information content (AvgIpc) is 3.46. The number of carbonyl (C=O) groups excluding carboxylic acids is 1. The summed E-state index contributed by atoms with van der Waals surface area (Å²) in [5.74, 6) is 0.486. The van der Waals surface area contributed by atoms with Crippen molar-refractivity contribution < 1.29 is 13.7 Å². The molecule has 1 N–H and O–H groups in total. The third-order valence-corrected chi connectivity index (χ3v) is 4.58. The van der Waals surface area contributed by atoms with Gasteiger partial charge in [0.15, 0.2) is 0 Å². The Morgan fingerprint density at radius 2 is 1.93 bits per heavy atom. The molecule has 7 nitrogen and oxygen atoms in total. The molecular formula is C22H20FN5O2. The second kappa shape index (κ2) is 9.13. The first-order chi connectivity index (χ1) is 14.7. The van der Waals surface area contributed by atoms with E-state index in [1.165, 1.54) is 12.1 Å². The molecule has 0 bridgehead atoms. The van der Waals surface area contributed by atoms with Crippen LogP contribution < -0.4 is 5.32 Å². The molecule has 8 heteroatoms. The summed E-state index contributed by atoms with van der Waals surface area (Å²) in [4.78, 5) is 16.5. The van der Waals surface area contributed by atoms with Crippen molar-refractivity contribution in [2.45, 2.75) is 25.8 Å². The molecule has 152 valence electrons. The second-order valence-corrected chi connectivity index (χ2v) is 6.73. The fourth-order valence-corrected chi connectivity index (χ4v) is 3.05. The lowest BCUT2D eigenvalue weighted by molar-refractivity contribution is -0.121. The van der Waals surface area contributed by atoms with Gasteiger partial charge in [-0.15, -0.1) is 0 Å². The van der Waals surface area contributed by atoms with Crippen molar-refractivity contribution in [2.75, 3.05) is 0 Å². The average molecular weight is 405 g/mol. The molecule has 30 heavy (non-hydrogen) atoms. The lowest BCUT2D eigenvalue weighted by Gasteiger charge is -2.10. The Kier molecular flexibility index (Phi) is 5.93. The van der Waals surface area contributed by atoms with Gasteiger partial charge in [0.1, 0.15) is 5.82 Å². The van der Waals surface area contributed by atoms with Gasteiger partial charge in [0, 0.05) is 37.3 Å². The van der Waals surface area contributed by atoms with Gasteiger partial charge in [-0.3, -0.25) is 4.79 Å². The van der Waals surface area contributed by atoms with E-state index >= 15 is 0 Å². The predicted octanol–water partition coefficient (Wildman–Crippen LogP) is 3.70. The maximum atomic E-state index is 13.0. The number of nitrogens with one attached hydrogen (secondary N) is 1. The minimum absolute atomic E-state index is 0.0523. The molecular weight excluding hydrogens is 385 g/mol. The fraction of sp³-hybridized carbons (Fsp3) is 0.182. The summed E-state index contributed by atoms with van der Waals surface area (Å²) in [5, 5.41) is 11.1. The Balaban J connectivity index is 1.26. The van der Waals surface area contributed by atoms with Gasteiger partial charge in [0.25, 0.3) is 0 Å². The van der Waals surface area contributed by atoms with Crippen LogP contribution >= 0.6 is 0 Å². The number of carbonyl (C=O) groups is 1. The van der Waals surface area contributed by atoms with Gasteiger partial charge in [-0.05, 0) is 48.4 Å². The number of rotatable bonds is 8. The number of halogens is 1. The van der Waals surface area contributed by atoms with Crippen LogP contribution in [0.25, 0.3) is 17.1 Å². The van der Waals surface area contributed by atoms with E-state index in [4.69, 9.17) is 4.52 Å². The Morgan fingerprint density at radius 1 is 1.10 bits per heavy atom. The standard InChI is InChI=1S/C22H20FN5O2/c23-18-11-9-16(10-12-18)22-26-21(30-27-22)8-3-7-20(29)24-15-17-5-1-2-6-19(17)28-14-4-13-25-28/h1-2,4-6,9-14H,3,7-8,15H2,(H,24,29). The van der Waals surface area contributed by atoms with Crippen molar-refractivity contribution in [3.63, 3.8) is 0 Å². The largest absolute Gasteiger partial charge is 0.352 e. The number of aryl methyl sites for hydroxylation is 1. The maximum absolute atomic E-state index is 13.0. The molecule has 0 saturated heterocycles. The van der Waals surface area contributed by atoms with Crippen LogP contribution in [-0.2, 0) is 17.8 Å². The third-order valence-electron chi connectivity index (χ3n) is 4.58. The second-order valence-electron chi connectivity index (χ2n) is 6.73. The van der Waals surface area contributed by atoms with E-state index in [1.54, 1.807) is 23.0 Å². The molecule has 0 aliphatic carbocycles. The number of para-hydroxylation sites is 1. The summed E-state index contributed by atoms with van der Waals surface area (Å²) >= 11 is 0. The van der Waals surface area contributed by atoms with Gasteiger partial charge in [-0.1, -0.05) is 23.4 Å². The van der Waals surface area contributed by atoms with Crippen LogP contribution in [0.5, 0.6) is 0 Å². The van der Waals surface area contributed by atoms with Gasteiger partial charge < -0.3 is 9.84 Å². The zero-order valence-corrected chi connectivity index (χ0v) is 16.2. The zero-order valence-electron chi connectivity index (χ0n) is 16.2. The van der Waals surface area contributed by atoms with Crippen LogP contribution in [0, 0.1) is 5.82 Å². The van der Waals surface area contributed by atoms with Gasteiger partial charge >= 0.3 is 0 Å². The van der Waals surface area contributed by atoms with E-state index in [0.717, 1.165) is 11.3 Å². The van der Waals surface area contributed by atoms with Gasteiger partial charge in [-0.2, -0.15) is 10.1 Å². The highest BCUT2D eigenvalue weighted by Crippen LogP contribution is 2.17. The Labute approximate surface area is 172 Å². The molecule has 0 atom stereocenters. The van der Waals surface area contributed by atoms with Crippen LogP contribution in [0.1, 0.15) is 24.3 Å². The first-order valence-corrected chi connectivity index (χ1v) is 9.62. The van der Waals surface area contributed by atoms with Crippen LogP contribution in [0.2, 0.25) is 0 Å². The highest BCUT2D eigenvalue weighted by Gasteiger charge is 2.11. The molecule has 1 amide bonds. The molecule has 2 heterocycles. The van der Waals surface area contributed by atoms with Crippen molar-refractivity contribution in [2.24, 2.45) is 0 Å². The van der Waals surface area contributed by atoms with Gasteiger partial charge in [0.05, 0.1) is 5.69 Å². The monoisotopic (exact) mass is 405 g/mol. The van der Waals surface area contributed by atoms with Crippen molar-refractivity contribution >= 4 is 5.91 Å². The number of aromatic nitrogens is 4. The van der Waals surface area contributed by atoms with E-state index < -0.39 is 0 Å². The van der Waals surface area contributed by atoms with E-state index in [1.807, 2.05) is 36.5 Å². The molecule has 2 aromatic heterocycles. The van der Waals surface area contributed by atoms with Crippen molar-refractivity contribution in [1.29, 1.82) is 0 Å². The molecule has 4 rings (SSSR count). The Bertz CT molecular complexity index is 1110. The molecule has 0 aliphatic rings. The summed E-state index contributed by atoms with van der Waals surface area (Å²) in [5.41, 5.74) is 2.59. The minimum atomic E-state index is -0.319. The predicted molar refractivity (Wildman–Crippen MR) is 108 cm³/mol. The van der Waals surface area contributed by atoms with Gasteiger partial charge in [0.2, 0.25) is 17.6 Å². The van der Waals surface area contributed by atoms with Crippen LogP contribution in [-0.4, -0.2) is 25.8 Å². The summed E-state index contributed by atoms with van der Waals surface area (Å²) in [6, 6.07) is 15.5. The van der Waals surface area contributed by atoms with Crippen molar-refractivity contribution in [1.82, 2.24) is 25.2 Å². The van der Waals surface area contributed by atoms with E-state index in [9.17, 15) is 9.18 Å². The summed E-state index contributed by atoms with van der Waals surface area (Å²) in [6.45, 7) is 0.421. The molecule has 0 fully saturated rings. The first kappa shape index (κ1) is 19.5. The molecule has 2 aromatic carbocycles. The molecule has 4 aromatic rings. The lowest BCUT2D eigenvalue weighted by atomic mass is 10.1. The highest BCUT2D eigenvalue weighted by atomic mass is 19.1. The minimum Gasteiger partial charge on any atom is -0.352 e. The van der Waals surface area contributed by atoms with E-state index in [-0.39, 0.29) is 11.7 Å². The SMILES string of the molecule is O=C(CCCc1nc(-c2ccc(F)cc2)no1)NCc1ccccc1-n1cccn1. The topological polar surface area (TPSA) is 85.8 Å². The number of amides is 1. The third kappa shape index (κ3) is 4.78. The normalized spacial score (nSPS) is 10.8. The molecule has 0 aliphatic heterocycles. The highest BCUT2D eigenvalue weighted by molar-refractivity contribution is 5.76. The number of hydrogen-bond donors (Lipinski definition) is 1. The van der Waals surface area contributed by atoms with E-state index in [0.29, 0.717) is 43.1 Å². The first-order valence-electron chi connectivity index (χ1n) is 9.62. The molecule has 0 saturated carbocycles. The Hall–Kier alpha value is -3.81. The maximum Gasteiger partial charge on any atom is 0.226 e. The summed E-state index contributed by atoms with van der Waals surface area (Å²) in [6.07, 6.45) is 5.00. The van der Waals surface area contributed by atoms with E-state index in [2.05, 4.69) is 20.6 Å².